The normalized spacial score (nSPS) is 15.8. The number of nitrogen functional groups attached to an aromatic ring is 1. The van der Waals surface area contributed by atoms with Crippen molar-refractivity contribution in [3.63, 3.8) is 0 Å². The Morgan fingerprint density at radius 3 is 2.23 bits per heavy atom. The molecular weight excluding hydrogens is 715 g/mol. The lowest BCUT2D eigenvalue weighted by Crippen LogP contribution is -2.53. The number of rotatable bonds is 23. The van der Waals surface area contributed by atoms with Gasteiger partial charge >= 0.3 is 0 Å². The second-order valence-electron chi connectivity index (χ2n) is 15.2. The first-order valence-electron chi connectivity index (χ1n) is 20.3. The van der Waals surface area contributed by atoms with E-state index in [1.54, 1.807) is 13.8 Å². The Morgan fingerprint density at radius 2 is 1.55 bits per heavy atom. The Hall–Kier alpha value is -4.63. The number of unbranched alkanes of at least 4 members (excludes halogenated alkanes) is 2. The molecular formula is C41H65N9O6. The number of carbonyl (C=O) groups is 5. The number of amides is 5. The van der Waals surface area contributed by atoms with Crippen molar-refractivity contribution in [2.24, 2.45) is 17.6 Å². The molecule has 10 N–H and O–H groups in total. The summed E-state index contributed by atoms with van der Waals surface area (Å²) in [5.41, 5.74) is 14.3. The minimum Gasteiger partial charge on any atom is -0.390 e. The van der Waals surface area contributed by atoms with Crippen LogP contribution in [0.4, 0.5) is 5.82 Å². The summed E-state index contributed by atoms with van der Waals surface area (Å²) in [6.45, 7) is 7.56. The Kier molecular flexibility index (Phi) is 19.7. The molecule has 1 heterocycles. The molecule has 5 amide bonds. The van der Waals surface area contributed by atoms with Crippen molar-refractivity contribution < 1.29 is 29.1 Å². The lowest BCUT2D eigenvalue weighted by Gasteiger charge is -2.31. The predicted molar refractivity (Wildman–Crippen MR) is 216 cm³/mol. The molecule has 3 rings (SSSR count). The smallest absolute Gasteiger partial charge is 0.243 e. The van der Waals surface area contributed by atoms with Crippen LogP contribution in [0.2, 0.25) is 0 Å². The fourth-order valence-corrected chi connectivity index (χ4v) is 6.92. The molecule has 2 aromatic rings. The van der Waals surface area contributed by atoms with Gasteiger partial charge in [-0.3, -0.25) is 29.0 Å². The third kappa shape index (κ3) is 15.8. The van der Waals surface area contributed by atoms with Gasteiger partial charge in [-0.2, -0.15) is 0 Å². The van der Waals surface area contributed by atoms with Crippen molar-refractivity contribution >= 4 is 35.4 Å². The van der Waals surface area contributed by atoms with Gasteiger partial charge in [-0.1, -0.05) is 89.1 Å². The maximum Gasteiger partial charge on any atom is 0.243 e. The van der Waals surface area contributed by atoms with Gasteiger partial charge in [-0.05, 0) is 57.1 Å². The average Bonchev–Trinajstić information content (AvgIpc) is 3.18. The highest BCUT2D eigenvalue weighted by atomic mass is 16.3. The zero-order chi connectivity index (χ0) is 41.0. The zero-order valence-corrected chi connectivity index (χ0v) is 33.7. The van der Waals surface area contributed by atoms with Crippen molar-refractivity contribution in [2.45, 2.75) is 142 Å². The fraction of sp³-hybridized carbons (Fsp3) is 0.634. The van der Waals surface area contributed by atoms with Gasteiger partial charge in [0.25, 0.3) is 0 Å². The van der Waals surface area contributed by atoms with Crippen molar-refractivity contribution in [1.29, 1.82) is 0 Å². The van der Waals surface area contributed by atoms with Crippen LogP contribution in [-0.2, 0) is 36.9 Å². The molecule has 15 heteroatoms. The topological polar surface area (TPSA) is 244 Å². The molecule has 1 aromatic heterocycles. The summed E-state index contributed by atoms with van der Waals surface area (Å²) < 4.78 is 0. The summed E-state index contributed by atoms with van der Waals surface area (Å²) in [5, 5.41) is 25.4. The summed E-state index contributed by atoms with van der Waals surface area (Å²) >= 11 is 0. The van der Waals surface area contributed by atoms with E-state index in [-0.39, 0.29) is 55.9 Å². The van der Waals surface area contributed by atoms with E-state index in [0.29, 0.717) is 42.9 Å². The molecule has 1 fully saturated rings. The summed E-state index contributed by atoms with van der Waals surface area (Å²) in [6, 6.07) is 6.73. The van der Waals surface area contributed by atoms with Crippen molar-refractivity contribution in [3.8, 4) is 0 Å². The van der Waals surface area contributed by atoms with Crippen LogP contribution in [0.3, 0.4) is 0 Å². The minimum atomic E-state index is -1.26. The number of nitrogens with zero attached hydrogens (tertiary/aromatic N) is 2. The highest BCUT2D eigenvalue weighted by Crippen LogP contribution is 2.28. The first kappa shape index (κ1) is 45.8. The molecule has 15 nitrogen and oxygen atoms in total. The van der Waals surface area contributed by atoms with Gasteiger partial charge in [0.15, 0.2) is 0 Å². The van der Waals surface area contributed by atoms with Gasteiger partial charge in [0.05, 0.1) is 43.0 Å². The molecule has 0 radical (unpaired) electrons. The Bertz CT molecular complexity index is 1570. The highest BCUT2D eigenvalue weighted by Gasteiger charge is 2.31. The molecule has 1 saturated carbocycles. The van der Waals surface area contributed by atoms with E-state index < -0.39 is 47.9 Å². The fourth-order valence-electron chi connectivity index (χ4n) is 6.92. The first-order chi connectivity index (χ1) is 26.8. The number of aromatic nitrogens is 2. The lowest BCUT2D eigenvalue weighted by atomic mass is 9.83. The van der Waals surface area contributed by atoms with Crippen LogP contribution in [0.5, 0.6) is 0 Å². The van der Waals surface area contributed by atoms with Crippen LogP contribution < -0.4 is 38.1 Å². The largest absolute Gasteiger partial charge is 0.390 e. The van der Waals surface area contributed by atoms with Crippen LogP contribution in [-0.4, -0.2) is 81.9 Å². The second-order valence-corrected chi connectivity index (χ2v) is 15.2. The standard InChI is InChI=1S/C41H65N9O6/c1-5-26(2)38(41(56)44-24-33-39(43)47-28(4)27(3)46-33)50-36(53)23-34(51)31(21-29-15-9-6-10-16-29)48-37(54)25-45-40(55)32(22-30-17-11-7-12-18-30)49-35(52)19-13-8-14-20-42/h7,11-12,17-18,26,29,31-32,34,38,51H,5-6,8-10,13-16,19-25,42H2,1-4H3,(H2,43,47)(H,44,56)(H,45,55)(H,48,54)(H,49,52)(H,50,53). The van der Waals surface area contributed by atoms with Crippen LogP contribution >= 0.6 is 0 Å². The number of aliphatic hydroxyl groups excluding tert-OH is 1. The summed E-state index contributed by atoms with van der Waals surface area (Å²) in [6.07, 6.45) is 7.33. The number of aryl methyl sites for hydroxylation is 2. The van der Waals surface area contributed by atoms with E-state index in [9.17, 15) is 29.1 Å². The van der Waals surface area contributed by atoms with E-state index in [0.717, 1.165) is 50.5 Å². The number of nitrogens with one attached hydrogen (secondary N) is 5. The lowest BCUT2D eigenvalue weighted by molar-refractivity contribution is -0.132. The van der Waals surface area contributed by atoms with Crippen LogP contribution in [0, 0.1) is 25.7 Å². The van der Waals surface area contributed by atoms with Crippen molar-refractivity contribution in [3.05, 3.63) is 53.0 Å². The van der Waals surface area contributed by atoms with Crippen LogP contribution in [0.25, 0.3) is 0 Å². The van der Waals surface area contributed by atoms with Gasteiger partial charge in [-0.15, -0.1) is 0 Å². The maximum atomic E-state index is 13.4. The average molecular weight is 780 g/mol. The minimum absolute atomic E-state index is 0.0326. The maximum absolute atomic E-state index is 13.4. The van der Waals surface area contributed by atoms with Crippen molar-refractivity contribution in [1.82, 2.24) is 36.6 Å². The molecule has 5 unspecified atom stereocenters. The van der Waals surface area contributed by atoms with E-state index in [4.69, 9.17) is 11.5 Å². The summed E-state index contributed by atoms with van der Waals surface area (Å²) in [5.74, 6) is -2.02. The molecule has 1 aliphatic rings. The van der Waals surface area contributed by atoms with Gasteiger partial charge in [0.1, 0.15) is 23.6 Å². The highest BCUT2D eigenvalue weighted by molar-refractivity contribution is 5.91. The van der Waals surface area contributed by atoms with Crippen molar-refractivity contribution in [2.75, 3.05) is 18.8 Å². The van der Waals surface area contributed by atoms with Crippen LogP contribution in [0.15, 0.2) is 30.3 Å². The number of carbonyl (C=O) groups excluding carboxylic acids is 5. The summed E-state index contributed by atoms with van der Waals surface area (Å²) in [4.78, 5) is 74.9. The third-order valence-corrected chi connectivity index (χ3v) is 10.6. The van der Waals surface area contributed by atoms with Gasteiger partial charge in [0, 0.05) is 12.8 Å². The molecule has 1 aliphatic carbocycles. The summed E-state index contributed by atoms with van der Waals surface area (Å²) in [7, 11) is 0. The van der Waals surface area contributed by atoms with E-state index in [1.807, 2.05) is 44.2 Å². The second kappa shape index (κ2) is 24.1. The first-order valence-corrected chi connectivity index (χ1v) is 20.3. The molecule has 310 valence electrons. The molecule has 0 aliphatic heterocycles. The van der Waals surface area contributed by atoms with Gasteiger partial charge in [-0.25, -0.2) is 4.98 Å². The van der Waals surface area contributed by atoms with E-state index >= 15 is 0 Å². The monoisotopic (exact) mass is 780 g/mol. The number of anilines is 1. The Morgan fingerprint density at radius 1 is 0.857 bits per heavy atom. The molecule has 1 aromatic carbocycles. The third-order valence-electron chi connectivity index (χ3n) is 10.6. The zero-order valence-electron chi connectivity index (χ0n) is 33.7. The Labute approximate surface area is 331 Å². The SMILES string of the molecule is CCC(C)C(NC(=O)CC(O)C(CC1CCCCC1)NC(=O)CNC(=O)C(Cc1ccccc1)NC(=O)CCCCCN)C(=O)NCc1nc(C)c(C)nc1N. The van der Waals surface area contributed by atoms with Crippen LogP contribution in [0.1, 0.15) is 114 Å². The number of aliphatic hydroxyl groups is 1. The number of hydrogen-bond acceptors (Lipinski definition) is 10. The Balaban J connectivity index is 1.64. The predicted octanol–water partition coefficient (Wildman–Crippen LogP) is 2.39. The molecule has 0 saturated heterocycles. The van der Waals surface area contributed by atoms with E-state index in [2.05, 4.69) is 36.6 Å². The molecule has 56 heavy (non-hydrogen) atoms. The number of hydrogen-bond donors (Lipinski definition) is 8. The van der Waals surface area contributed by atoms with Gasteiger partial charge in [0.2, 0.25) is 29.5 Å². The van der Waals surface area contributed by atoms with Gasteiger partial charge < -0.3 is 43.2 Å². The van der Waals surface area contributed by atoms with E-state index in [1.165, 1.54) is 0 Å². The molecule has 0 bridgehead atoms. The quantitative estimate of drug-likeness (QED) is 0.0766. The molecule has 5 atom stereocenters. The number of benzene rings is 1. The number of nitrogens with two attached hydrogens (primary N) is 2. The molecule has 0 spiro atoms.